The third-order valence-corrected chi connectivity index (χ3v) is 9.79. The minimum absolute atomic E-state index is 0.115. The first-order chi connectivity index (χ1) is 23.9. The molecule has 6 nitrogen and oxygen atoms in total. The van der Waals surface area contributed by atoms with Crippen LogP contribution in [0.15, 0.2) is 86.0 Å². The molecule has 0 aliphatic rings. The van der Waals surface area contributed by atoms with Gasteiger partial charge in [0.2, 0.25) is 0 Å². The Kier molecular flexibility index (Phi) is 9.20. The summed E-state index contributed by atoms with van der Waals surface area (Å²) in [5.74, 6) is 0. The fourth-order valence-corrected chi connectivity index (χ4v) is 8.27. The molecule has 2 heterocycles. The molecule has 0 unspecified atom stereocenters. The smallest absolute Gasteiger partial charge is 0.113 e. The Labute approximate surface area is 304 Å². The monoisotopic (exact) mass is 678 g/mol. The lowest BCUT2D eigenvalue weighted by atomic mass is 9.71. The molecule has 6 rings (SSSR count). The molecule has 0 atom stereocenters. The van der Waals surface area contributed by atoms with Crippen LogP contribution in [0.1, 0.15) is 115 Å². The Morgan fingerprint density at radius 2 is 0.824 bits per heavy atom. The number of hydrogen-bond acceptors (Lipinski definition) is 4. The van der Waals surface area contributed by atoms with Crippen LogP contribution in [-0.4, -0.2) is 30.0 Å². The van der Waals surface area contributed by atoms with Crippen LogP contribution in [0.3, 0.4) is 0 Å². The fourth-order valence-electron chi connectivity index (χ4n) is 8.27. The van der Waals surface area contributed by atoms with Crippen LogP contribution in [0, 0.1) is 10.8 Å². The fraction of sp³-hybridized carbons (Fsp3) is 0.378. The molecule has 2 aromatic heterocycles. The number of benzene rings is 4. The third-order valence-electron chi connectivity index (χ3n) is 9.79. The summed E-state index contributed by atoms with van der Waals surface area (Å²) >= 11 is 0. The average Bonchev–Trinajstić information content (AvgIpc) is 3.66. The van der Waals surface area contributed by atoms with Gasteiger partial charge in [-0.25, -0.2) is 0 Å². The highest BCUT2D eigenvalue weighted by molar-refractivity contribution is 5.76. The lowest BCUT2D eigenvalue weighted by Crippen LogP contribution is -2.26. The van der Waals surface area contributed by atoms with Gasteiger partial charge in [-0.05, 0) is 99.6 Å². The van der Waals surface area contributed by atoms with E-state index in [1.54, 1.807) is 9.59 Å². The zero-order chi connectivity index (χ0) is 36.9. The molecule has 0 radical (unpaired) electrons. The van der Waals surface area contributed by atoms with E-state index in [0.717, 1.165) is 57.4 Å². The van der Waals surface area contributed by atoms with Gasteiger partial charge >= 0.3 is 0 Å². The molecule has 0 amide bonds. The molecular weight excluding hydrogens is 625 g/mol. The molecule has 264 valence electrons. The number of fused-ring (bicyclic) bond motifs is 2. The van der Waals surface area contributed by atoms with Crippen LogP contribution < -0.4 is 0 Å². The minimum atomic E-state index is -0.115. The summed E-state index contributed by atoms with van der Waals surface area (Å²) in [4.78, 5) is 3.59. The summed E-state index contributed by atoms with van der Waals surface area (Å²) < 4.78 is 0. The molecule has 4 aromatic carbocycles. The SMILES string of the molecule is C=Cc1c(Cc2cc(C(C)(C)CC(C)(C)C)cc(-n3nc4ccccc4n3)c2C=C)cc(C(C)(C)CC(C)(C)C)cc1-n1nc2ccccc2n1. The van der Waals surface area contributed by atoms with Crippen LogP contribution in [0.4, 0.5) is 0 Å². The Morgan fingerprint density at radius 3 is 1.10 bits per heavy atom. The molecule has 0 aliphatic heterocycles. The molecule has 6 heteroatoms. The highest BCUT2D eigenvalue weighted by atomic mass is 15.5. The van der Waals surface area contributed by atoms with E-state index in [-0.39, 0.29) is 21.7 Å². The molecule has 51 heavy (non-hydrogen) atoms. The van der Waals surface area contributed by atoms with E-state index in [1.807, 2.05) is 60.7 Å². The van der Waals surface area contributed by atoms with Crippen molar-refractivity contribution < 1.29 is 0 Å². The second-order valence-electron chi connectivity index (χ2n) is 17.9. The van der Waals surface area contributed by atoms with Crippen molar-refractivity contribution in [1.82, 2.24) is 30.0 Å². The molecule has 0 N–H and O–H groups in total. The molecule has 0 spiro atoms. The number of hydrogen-bond donors (Lipinski definition) is 0. The first-order valence-corrected chi connectivity index (χ1v) is 18.1. The van der Waals surface area contributed by atoms with E-state index in [4.69, 9.17) is 20.4 Å². The molecular formula is C45H54N6. The molecule has 0 saturated carbocycles. The van der Waals surface area contributed by atoms with E-state index in [2.05, 4.69) is 107 Å². The molecule has 0 fully saturated rings. The Balaban J connectivity index is 1.61. The Morgan fingerprint density at radius 1 is 0.510 bits per heavy atom. The highest BCUT2D eigenvalue weighted by Gasteiger charge is 2.31. The summed E-state index contributed by atoms with van der Waals surface area (Å²) in [6.07, 6.45) is 6.60. The predicted molar refractivity (Wildman–Crippen MR) is 215 cm³/mol. The highest BCUT2D eigenvalue weighted by Crippen LogP contribution is 2.41. The first-order valence-electron chi connectivity index (χ1n) is 18.1. The molecule has 0 aliphatic carbocycles. The molecule has 6 aromatic rings. The van der Waals surface area contributed by atoms with Crippen LogP contribution in [0.25, 0.3) is 45.6 Å². The maximum atomic E-state index is 4.95. The Bertz CT molecular complexity index is 2020. The van der Waals surface area contributed by atoms with Crippen molar-refractivity contribution in [3.63, 3.8) is 0 Å². The van der Waals surface area contributed by atoms with Gasteiger partial charge in [-0.2, -0.15) is 0 Å². The quantitative estimate of drug-likeness (QED) is 0.145. The normalized spacial score (nSPS) is 12.9. The summed E-state index contributed by atoms with van der Waals surface area (Å²) in [5.41, 5.74) is 12.2. The van der Waals surface area contributed by atoms with Gasteiger partial charge in [-0.15, -0.1) is 30.0 Å². The standard InChI is InChI=1S/C45H54N6/c1-13-34-30(24-32(44(9,10)28-42(3,4)5)26-40(34)50-46-36-19-15-16-20-37(36)47-50)23-31-25-33(45(11,12)29-43(6,7)8)27-41(35(31)14-2)51-48-38-21-17-18-22-39(38)49-51/h13-22,24-27H,1-2,23,28-29H2,3-12H3. The molecule has 0 saturated heterocycles. The van der Waals surface area contributed by atoms with Gasteiger partial charge in [0.25, 0.3) is 0 Å². The van der Waals surface area contributed by atoms with Crippen molar-refractivity contribution in [2.45, 2.75) is 99.3 Å². The number of rotatable bonds is 10. The maximum Gasteiger partial charge on any atom is 0.113 e. The number of aromatic nitrogens is 6. The first kappa shape index (κ1) is 36.0. The number of nitrogens with zero attached hydrogens (tertiary/aromatic N) is 6. The maximum absolute atomic E-state index is 4.95. The topological polar surface area (TPSA) is 61.4 Å². The summed E-state index contributed by atoms with van der Waals surface area (Å²) in [5, 5.41) is 19.8. The van der Waals surface area contributed by atoms with Crippen molar-refractivity contribution in [2.75, 3.05) is 0 Å². The van der Waals surface area contributed by atoms with E-state index in [9.17, 15) is 0 Å². The Hall–Kier alpha value is -4.84. The van der Waals surface area contributed by atoms with Crippen LogP contribution in [0.2, 0.25) is 0 Å². The van der Waals surface area contributed by atoms with E-state index < -0.39 is 0 Å². The zero-order valence-corrected chi connectivity index (χ0v) is 32.3. The van der Waals surface area contributed by atoms with Crippen molar-refractivity contribution >= 4 is 34.2 Å². The van der Waals surface area contributed by atoms with Gasteiger partial charge in [0.1, 0.15) is 22.1 Å². The van der Waals surface area contributed by atoms with Crippen LogP contribution in [-0.2, 0) is 17.3 Å². The lowest BCUT2D eigenvalue weighted by molar-refractivity contribution is 0.283. The van der Waals surface area contributed by atoms with Gasteiger partial charge in [-0.3, -0.25) is 0 Å². The summed E-state index contributed by atoms with van der Waals surface area (Å²) in [6.45, 7) is 31.9. The summed E-state index contributed by atoms with van der Waals surface area (Å²) in [7, 11) is 0. The van der Waals surface area contributed by atoms with Gasteiger partial charge in [0.15, 0.2) is 0 Å². The predicted octanol–water partition coefficient (Wildman–Crippen LogP) is 11.5. The largest absolute Gasteiger partial charge is 0.150 e. The average molecular weight is 679 g/mol. The van der Waals surface area contributed by atoms with Crippen LogP contribution in [0.5, 0.6) is 0 Å². The van der Waals surface area contributed by atoms with Gasteiger partial charge in [0.05, 0.1) is 11.4 Å². The zero-order valence-electron chi connectivity index (χ0n) is 32.3. The minimum Gasteiger partial charge on any atom is -0.150 e. The second-order valence-corrected chi connectivity index (χ2v) is 17.9. The van der Waals surface area contributed by atoms with Crippen LogP contribution >= 0.6 is 0 Å². The second kappa shape index (κ2) is 13.0. The third kappa shape index (κ3) is 7.61. The van der Waals surface area contributed by atoms with Gasteiger partial charge < -0.3 is 0 Å². The lowest BCUT2D eigenvalue weighted by Gasteiger charge is -2.34. The van der Waals surface area contributed by atoms with Crippen molar-refractivity contribution in [1.29, 1.82) is 0 Å². The molecule has 0 bridgehead atoms. The van der Waals surface area contributed by atoms with Gasteiger partial charge in [0, 0.05) is 11.1 Å². The van der Waals surface area contributed by atoms with E-state index >= 15 is 0 Å². The van der Waals surface area contributed by atoms with E-state index in [1.165, 1.54) is 22.3 Å². The van der Waals surface area contributed by atoms with Crippen molar-refractivity contribution in [3.8, 4) is 11.4 Å². The van der Waals surface area contributed by atoms with Gasteiger partial charge in [-0.1, -0.05) is 131 Å². The van der Waals surface area contributed by atoms with Crippen molar-refractivity contribution in [2.24, 2.45) is 10.8 Å². The summed E-state index contributed by atoms with van der Waals surface area (Å²) in [6, 6.07) is 25.4. The van der Waals surface area contributed by atoms with Crippen molar-refractivity contribution in [3.05, 3.63) is 119 Å². The van der Waals surface area contributed by atoms with E-state index in [0.29, 0.717) is 6.42 Å².